The van der Waals surface area contributed by atoms with Crippen molar-refractivity contribution in [1.82, 2.24) is 10.3 Å². The van der Waals surface area contributed by atoms with Crippen LogP contribution < -0.4 is 15.5 Å². The van der Waals surface area contributed by atoms with Gasteiger partial charge in [-0.2, -0.15) is 0 Å². The number of carbonyl (C=O) groups is 2. The van der Waals surface area contributed by atoms with Crippen LogP contribution >= 0.6 is 0 Å². The molecule has 120 valence electrons. The molecule has 1 aromatic heterocycles. The van der Waals surface area contributed by atoms with Gasteiger partial charge in [0.25, 0.3) is 0 Å². The number of anilines is 2. The molecule has 23 heavy (non-hydrogen) atoms. The van der Waals surface area contributed by atoms with Gasteiger partial charge in [-0.05, 0) is 29.8 Å². The Morgan fingerprint density at radius 3 is 2.35 bits per heavy atom. The Morgan fingerprint density at radius 2 is 1.78 bits per heavy atom. The van der Waals surface area contributed by atoms with Crippen LogP contribution in [-0.2, 0) is 16.1 Å². The fourth-order valence-corrected chi connectivity index (χ4v) is 1.79. The number of benzene rings is 1. The van der Waals surface area contributed by atoms with Crippen LogP contribution in [0.25, 0.3) is 0 Å². The first-order valence-electron chi connectivity index (χ1n) is 6.96. The molecule has 0 fully saturated rings. The van der Waals surface area contributed by atoms with E-state index in [1.165, 1.54) is 18.3 Å². The van der Waals surface area contributed by atoms with Crippen LogP contribution in [0.5, 0.6) is 5.75 Å². The number of aromatic nitrogens is 1. The zero-order valence-corrected chi connectivity index (χ0v) is 12.9. The van der Waals surface area contributed by atoms with Crippen LogP contribution in [0.2, 0.25) is 0 Å². The number of nitrogens with zero attached hydrogens (tertiary/aromatic N) is 2. The summed E-state index contributed by atoms with van der Waals surface area (Å²) < 4.78 is 0. The second kappa shape index (κ2) is 7.26. The fourth-order valence-electron chi connectivity index (χ4n) is 1.79. The lowest BCUT2D eigenvalue weighted by atomic mass is 10.2. The molecule has 7 nitrogen and oxygen atoms in total. The monoisotopic (exact) mass is 314 g/mol. The molecule has 2 rings (SSSR count). The maximum absolute atomic E-state index is 11.8. The standard InChI is InChI=1S/C16H18N4O3/c1-20(2)14-8-5-12(10-17-14)19-16(23)15(22)18-9-11-3-6-13(21)7-4-11/h3-8,10,21H,9H2,1-2H3,(H,18,22)(H,19,23). The summed E-state index contributed by atoms with van der Waals surface area (Å²) >= 11 is 0. The molecule has 2 aromatic rings. The van der Waals surface area contributed by atoms with Crippen molar-refractivity contribution in [3.63, 3.8) is 0 Å². The maximum atomic E-state index is 11.8. The van der Waals surface area contributed by atoms with E-state index in [2.05, 4.69) is 15.6 Å². The lowest BCUT2D eigenvalue weighted by Crippen LogP contribution is -2.35. The zero-order valence-electron chi connectivity index (χ0n) is 12.9. The molecule has 0 spiro atoms. The van der Waals surface area contributed by atoms with Gasteiger partial charge in [0.15, 0.2) is 0 Å². The van der Waals surface area contributed by atoms with E-state index in [1.54, 1.807) is 24.3 Å². The predicted molar refractivity (Wildman–Crippen MR) is 87.1 cm³/mol. The number of phenols is 1. The summed E-state index contributed by atoms with van der Waals surface area (Å²) in [6, 6.07) is 9.77. The van der Waals surface area contributed by atoms with Crippen LogP contribution in [0.3, 0.4) is 0 Å². The van der Waals surface area contributed by atoms with Gasteiger partial charge in [-0.25, -0.2) is 4.98 Å². The van der Waals surface area contributed by atoms with E-state index in [4.69, 9.17) is 0 Å². The number of rotatable bonds is 4. The molecule has 0 radical (unpaired) electrons. The topological polar surface area (TPSA) is 94.6 Å². The second-order valence-corrected chi connectivity index (χ2v) is 5.10. The molecule has 7 heteroatoms. The third kappa shape index (κ3) is 4.70. The Morgan fingerprint density at radius 1 is 1.09 bits per heavy atom. The third-order valence-electron chi connectivity index (χ3n) is 3.06. The Kier molecular flexibility index (Phi) is 5.14. The van der Waals surface area contributed by atoms with Crippen LogP contribution in [0.1, 0.15) is 5.56 Å². The molecule has 1 heterocycles. The molecule has 0 unspecified atom stereocenters. The van der Waals surface area contributed by atoms with Gasteiger partial charge in [0.2, 0.25) is 0 Å². The van der Waals surface area contributed by atoms with Gasteiger partial charge in [-0.15, -0.1) is 0 Å². The van der Waals surface area contributed by atoms with Gasteiger partial charge in [0.1, 0.15) is 11.6 Å². The molecule has 0 bridgehead atoms. The highest BCUT2D eigenvalue weighted by Gasteiger charge is 2.13. The van der Waals surface area contributed by atoms with Gasteiger partial charge >= 0.3 is 11.8 Å². The van der Waals surface area contributed by atoms with Gasteiger partial charge in [-0.1, -0.05) is 12.1 Å². The predicted octanol–water partition coefficient (Wildman–Crippen LogP) is 1.11. The molecule has 3 N–H and O–H groups in total. The highest BCUT2D eigenvalue weighted by Crippen LogP contribution is 2.12. The lowest BCUT2D eigenvalue weighted by molar-refractivity contribution is -0.136. The van der Waals surface area contributed by atoms with Crippen molar-refractivity contribution in [2.24, 2.45) is 0 Å². The van der Waals surface area contributed by atoms with Crippen molar-refractivity contribution < 1.29 is 14.7 Å². The Balaban J connectivity index is 1.87. The van der Waals surface area contributed by atoms with Crippen molar-refractivity contribution in [1.29, 1.82) is 0 Å². The molecule has 0 aliphatic rings. The SMILES string of the molecule is CN(C)c1ccc(NC(=O)C(=O)NCc2ccc(O)cc2)cn1. The van der Waals surface area contributed by atoms with E-state index in [9.17, 15) is 14.7 Å². The number of aromatic hydroxyl groups is 1. The van der Waals surface area contributed by atoms with Crippen molar-refractivity contribution in [2.75, 3.05) is 24.3 Å². The van der Waals surface area contributed by atoms with Crippen molar-refractivity contribution in [3.05, 3.63) is 48.2 Å². The van der Waals surface area contributed by atoms with E-state index in [1.807, 2.05) is 19.0 Å². The van der Waals surface area contributed by atoms with Gasteiger partial charge in [0.05, 0.1) is 11.9 Å². The van der Waals surface area contributed by atoms with Crippen molar-refractivity contribution in [3.8, 4) is 5.75 Å². The number of pyridine rings is 1. The van der Waals surface area contributed by atoms with E-state index in [0.717, 1.165) is 11.4 Å². The van der Waals surface area contributed by atoms with E-state index in [-0.39, 0.29) is 12.3 Å². The number of nitrogens with one attached hydrogen (secondary N) is 2. The van der Waals surface area contributed by atoms with Crippen LogP contribution in [0.15, 0.2) is 42.6 Å². The molecule has 0 saturated carbocycles. The van der Waals surface area contributed by atoms with Crippen LogP contribution in [-0.4, -0.2) is 36.0 Å². The summed E-state index contributed by atoms with van der Waals surface area (Å²) in [4.78, 5) is 29.5. The Hall–Kier alpha value is -3.09. The van der Waals surface area contributed by atoms with Crippen molar-refractivity contribution in [2.45, 2.75) is 6.54 Å². The summed E-state index contributed by atoms with van der Waals surface area (Å²) in [6.45, 7) is 0.199. The highest BCUT2D eigenvalue weighted by molar-refractivity contribution is 6.39. The quantitative estimate of drug-likeness (QED) is 0.735. The van der Waals surface area contributed by atoms with Gasteiger partial charge in [0, 0.05) is 20.6 Å². The molecule has 1 aromatic carbocycles. The molecular formula is C16H18N4O3. The molecule has 0 saturated heterocycles. The van der Waals surface area contributed by atoms with Crippen molar-refractivity contribution >= 4 is 23.3 Å². The van der Waals surface area contributed by atoms with Crippen LogP contribution in [0.4, 0.5) is 11.5 Å². The number of phenolic OH excluding ortho intramolecular Hbond substituents is 1. The number of hydrogen-bond acceptors (Lipinski definition) is 5. The first-order valence-corrected chi connectivity index (χ1v) is 6.96. The average molecular weight is 314 g/mol. The molecule has 0 atom stereocenters. The number of carbonyl (C=O) groups excluding carboxylic acids is 2. The number of amides is 2. The first kappa shape index (κ1) is 16.3. The molecule has 0 aliphatic carbocycles. The molecular weight excluding hydrogens is 296 g/mol. The molecule has 0 aliphatic heterocycles. The number of hydrogen-bond donors (Lipinski definition) is 3. The third-order valence-corrected chi connectivity index (χ3v) is 3.06. The fraction of sp³-hybridized carbons (Fsp3) is 0.188. The average Bonchev–Trinajstić information content (AvgIpc) is 2.54. The Bertz CT molecular complexity index is 681. The van der Waals surface area contributed by atoms with Gasteiger partial charge < -0.3 is 20.6 Å². The minimum Gasteiger partial charge on any atom is -0.508 e. The maximum Gasteiger partial charge on any atom is 0.313 e. The normalized spacial score (nSPS) is 10.0. The van der Waals surface area contributed by atoms with E-state index in [0.29, 0.717) is 5.69 Å². The highest BCUT2D eigenvalue weighted by atomic mass is 16.3. The summed E-state index contributed by atoms with van der Waals surface area (Å²) in [7, 11) is 3.72. The van der Waals surface area contributed by atoms with E-state index < -0.39 is 11.8 Å². The first-order chi connectivity index (χ1) is 11.0. The van der Waals surface area contributed by atoms with E-state index >= 15 is 0 Å². The summed E-state index contributed by atoms with van der Waals surface area (Å²) in [6.07, 6.45) is 1.49. The summed E-state index contributed by atoms with van der Waals surface area (Å²) in [5, 5.41) is 14.2. The summed E-state index contributed by atoms with van der Waals surface area (Å²) in [5.41, 5.74) is 1.22. The largest absolute Gasteiger partial charge is 0.508 e. The molecule has 2 amide bonds. The lowest BCUT2D eigenvalue weighted by Gasteiger charge is -2.11. The Labute approximate surface area is 134 Å². The minimum absolute atomic E-state index is 0.145. The zero-order chi connectivity index (χ0) is 16.8. The van der Waals surface area contributed by atoms with Crippen LogP contribution in [0, 0.1) is 0 Å². The summed E-state index contributed by atoms with van der Waals surface area (Å²) in [5.74, 6) is -0.607. The smallest absolute Gasteiger partial charge is 0.313 e. The second-order valence-electron chi connectivity index (χ2n) is 5.10. The minimum atomic E-state index is -0.761. The van der Waals surface area contributed by atoms with Gasteiger partial charge in [-0.3, -0.25) is 9.59 Å².